The van der Waals surface area contributed by atoms with Crippen molar-refractivity contribution in [3.05, 3.63) is 60.3 Å². The van der Waals surface area contributed by atoms with Crippen molar-refractivity contribution in [2.45, 2.75) is 18.9 Å². The summed E-state index contributed by atoms with van der Waals surface area (Å²) in [5.74, 6) is 0.143. The molecule has 31 heavy (non-hydrogen) atoms. The lowest BCUT2D eigenvalue weighted by Gasteiger charge is -2.23. The molecule has 0 spiro atoms. The van der Waals surface area contributed by atoms with Crippen LogP contribution >= 0.6 is 0 Å². The SMILES string of the molecule is O=C(O)c1ccc2c(c1)nc(Nc1ccccc1)c1nc(NC3CCNCC3)ncc12. The van der Waals surface area contributed by atoms with Crippen LogP contribution in [0.3, 0.4) is 0 Å². The van der Waals surface area contributed by atoms with Crippen molar-refractivity contribution in [3.8, 4) is 0 Å². The van der Waals surface area contributed by atoms with Crippen LogP contribution in [0.5, 0.6) is 0 Å². The predicted molar refractivity (Wildman–Crippen MR) is 121 cm³/mol. The molecule has 8 nitrogen and oxygen atoms in total. The highest BCUT2D eigenvalue weighted by molar-refractivity contribution is 6.10. The number of aromatic nitrogens is 3. The Kier molecular flexibility index (Phi) is 5.05. The Bertz CT molecular complexity index is 1260. The second-order valence-electron chi connectivity index (χ2n) is 7.61. The van der Waals surface area contributed by atoms with Gasteiger partial charge in [0, 0.05) is 28.7 Å². The smallest absolute Gasteiger partial charge is 0.335 e. The summed E-state index contributed by atoms with van der Waals surface area (Å²) in [6.07, 6.45) is 3.82. The first-order chi connectivity index (χ1) is 15.2. The molecule has 1 saturated heterocycles. The summed E-state index contributed by atoms with van der Waals surface area (Å²) in [7, 11) is 0. The number of carboxylic acid groups (broad SMARTS) is 1. The number of fused-ring (bicyclic) bond motifs is 3. The Morgan fingerprint density at radius 3 is 2.61 bits per heavy atom. The number of anilines is 3. The molecule has 156 valence electrons. The van der Waals surface area contributed by atoms with Crippen LogP contribution in [0, 0.1) is 0 Å². The minimum atomic E-state index is -0.987. The molecule has 0 bridgehead atoms. The van der Waals surface area contributed by atoms with Crippen LogP contribution in [0.15, 0.2) is 54.7 Å². The quantitative estimate of drug-likeness (QED) is 0.365. The van der Waals surface area contributed by atoms with E-state index in [9.17, 15) is 9.90 Å². The molecule has 0 amide bonds. The van der Waals surface area contributed by atoms with Gasteiger partial charge in [0.05, 0.1) is 11.1 Å². The molecule has 0 atom stereocenters. The first-order valence-electron chi connectivity index (χ1n) is 10.3. The molecule has 5 rings (SSSR count). The summed E-state index contributed by atoms with van der Waals surface area (Å²) in [6, 6.07) is 15.0. The maximum Gasteiger partial charge on any atom is 0.335 e. The molecule has 8 heteroatoms. The Morgan fingerprint density at radius 1 is 1.03 bits per heavy atom. The number of aromatic carboxylic acids is 1. The van der Waals surface area contributed by atoms with Crippen molar-refractivity contribution < 1.29 is 9.90 Å². The topological polar surface area (TPSA) is 112 Å². The molecule has 4 aromatic rings. The van der Waals surface area contributed by atoms with Crippen LogP contribution in [0.1, 0.15) is 23.2 Å². The second kappa shape index (κ2) is 8.16. The van der Waals surface area contributed by atoms with E-state index >= 15 is 0 Å². The Balaban J connectivity index is 1.63. The molecule has 1 fully saturated rings. The van der Waals surface area contributed by atoms with E-state index in [1.807, 2.05) is 30.3 Å². The van der Waals surface area contributed by atoms with Crippen molar-refractivity contribution >= 4 is 45.2 Å². The summed E-state index contributed by atoms with van der Waals surface area (Å²) < 4.78 is 0. The molecule has 2 aromatic heterocycles. The van der Waals surface area contributed by atoms with Gasteiger partial charge in [-0.3, -0.25) is 0 Å². The zero-order chi connectivity index (χ0) is 21.2. The van der Waals surface area contributed by atoms with Crippen LogP contribution in [0.25, 0.3) is 21.8 Å². The molecule has 0 aliphatic carbocycles. The van der Waals surface area contributed by atoms with E-state index in [0.717, 1.165) is 42.4 Å². The number of nitrogens with zero attached hydrogens (tertiary/aromatic N) is 3. The second-order valence-corrected chi connectivity index (χ2v) is 7.61. The van der Waals surface area contributed by atoms with E-state index in [4.69, 9.17) is 9.97 Å². The Morgan fingerprint density at radius 2 is 1.84 bits per heavy atom. The Labute approximate surface area is 178 Å². The summed E-state index contributed by atoms with van der Waals surface area (Å²) >= 11 is 0. The number of rotatable bonds is 5. The fourth-order valence-electron chi connectivity index (χ4n) is 3.88. The standard InChI is InChI=1S/C23H22N6O2/c30-22(31)14-6-7-17-18-13-25-23(27-16-8-10-24-11-9-16)29-20(18)21(28-19(17)12-14)26-15-4-2-1-3-5-15/h1-7,12-13,16,24H,8-11H2,(H,26,28)(H,30,31)(H,25,27,29). The van der Waals surface area contributed by atoms with Gasteiger partial charge in [-0.1, -0.05) is 24.3 Å². The van der Waals surface area contributed by atoms with Gasteiger partial charge in [0.15, 0.2) is 5.82 Å². The maximum atomic E-state index is 11.4. The van der Waals surface area contributed by atoms with Crippen molar-refractivity contribution in [3.63, 3.8) is 0 Å². The molecule has 3 heterocycles. The van der Waals surface area contributed by atoms with Crippen molar-refractivity contribution in [1.82, 2.24) is 20.3 Å². The fraction of sp³-hybridized carbons (Fsp3) is 0.217. The molecule has 4 N–H and O–H groups in total. The number of carbonyl (C=O) groups is 1. The van der Waals surface area contributed by atoms with Crippen LogP contribution in [0.4, 0.5) is 17.5 Å². The van der Waals surface area contributed by atoms with Gasteiger partial charge in [-0.2, -0.15) is 0 Å². The van der Waals surface area contributed by atoms with E-state index in [1.165, 1.54) is 0 Å². The zero-order valence-corrected chi connectivity index (χ0v) is 16.8. The summed E-state index contributed by atoms with van der Waals surface area (Å²) in [5, 5.41) is 21.1. The summed E-state index contributed by atoms with van der Waals surface area (Å²) in [4.78, 5) is 25.5. The van der Waals surface area contributed by atoms with Crippen molar-refractivity contribution in [2.75, 3.05) is 23.7 Å². The van der Waals surface area contributed by atoms with E-state index in [2.05, 4.69) is 20.9 Å². The first-order valence-corrected chi connectivity index (χ1v) is 10.3. The first kappa shape index (κ1) is 19.2. The minimum Gasteiger partial charge on any atom is -0.478 e. The maximum absolute atomic E-state index is 11.4. The minimum absolute atomic E-state index is 0.190. The zero-order valence-electron chi connectivity index (χ0n) is 16.8. The lowest BCUT2D eigenvalue weighted by atomic mass is 10.1. The molecule has 0 saturated carbocycles. The van der Waals surface area contributed by atoms with Gasteiger partial charge >= 0.3 is 5.97 Å². The third-order valence-electron chi connectivity index (χ3n) is 5.49. The highest BCUT2D eigenvalue weighted by atomic mass is 16.4. The summed E-state index contributed by atoms with van der Waals surface area (Å²) in [5.41, 5.74) is 2.32. The number of hydrogen-bond donors (Lipinski definition) is 4. The van der Waals surface area contributed by atoms with Gasteiger partial charge in [-0.25, -0.2) is 19.7 Å². The number of benzene rings is 2. The lowest BCUT2D eigenvalue weighted by molar-refractivity contribution is 0.0697. The number of nitrogens with one attached hydrogen (secondary N) is 3. The number of para-hydroxylation sites is 1. The fourth-order valence-corrected chi connectivity index (χ4v) is 3.88. The predicted octanol–water partition coefficient (Wildman–Crippen LogP) is 3.78. The van der Waals surface area contributed by atoms with Crippen LogP contribution < -0.4 is 16.0 Å². The van der Waals surface area contributed by atoms with E-state index < -0.39 is 5.97 Å². The monoisotopic (exact) mass is 414 g/mol. The molecule has 1 aliphatic heterocycles. The highest BCUT2D eigenvalue weighted by Crippen LogP contribution is 2.31. The number of pyridine rings is 1. The van der Waals surface area contributed by atoms with Gasteiger partial charge in [-0.05, 0) is 50.2 Å². The molecule has 1 aliphatic rings. The van der Waals surface area contributed by atoms with Crippen molar-refractivity contribution in [1.29, 1.82) is 0 Å². The van der Waals surface area contributed by atoms with Crippen molar-refractivity contribution in [2.24, 2.45) is 0 Å². The molecule has 0 radical (unpaired) electrons. The third kappa shape index (κ3) is 3.97. The van der Waals surface area contributed by atoms with Crippen LogP contribution in [-0.4, -0.2) is 45.2 Å². The molecular weight excluding hydrogens is 392 g/mol. The van der Waals surface area contributed by atoms with Gasteiger partial charge in [0.2, 0.25) is 5.95 Å². The van der Waals surface area contributed by atoms with Gasteiger partial charge < -0.3 is 21.1 Å². The highest BCUT2D eigenvalue weighted by Gasteiger charge is 2.17. The molecule has 0 unspecified atom stereocenters. The lowest BCUT2D eigenvalue weighted by Crippen LogP contribution is -2.35. The average Bonchev–Trinajstić information content (AvgIpc) is 2.80. The number of carboxylic acids is 1. The number of hydrogen-bond acceptors (Lipinski definition) is 7. The number of piperidine rings is 1. The molecular formula is C23H22N6O2. The normalized spacial score (nSPS) is 14.6. The third-order valence-corrected chi connectivity index (χ3v) is 5.49. The van der Waals surface area contributed by atoms with E-state index in [-0.39, 0.29) is 5.56 Å². The van der Waals surface area contributed by atoms with E-state index in [0.29, 0.717) is 28.8 Å². The van der Waals surface area contributed by atoms with Gasteiger partial charge in [-0.15, -0.1) is 0 Å². The van der Waals surface area contributed by atoms with E-state index in [1.54, 1.807) is 24.4 Å². The van der Waals surface area contributed by atoms with Crippen LogP contribution in [0.2, 0.25) is 0 Å². The Hall–Kier alpha value is -3.78. The average molecular weight is 414 g/mol. The summed E-state index contributed by atoms with van der Waals surface area (Å²) in [6.45, 7) is 1.95. The largest absolute Gasteiger partial charge is 0.478 e. The van der Waals surface area contributed by atoms with Crippen LogP contribution in [-0.2, 0) is 0 Å². The van der Waals surface area contributed by atoms with Gasteiger partial charge in [0.1, 0.15) is 5.52 Å². The molecule has 2 aromatic carbocycles. The van der Waals surface area contributed by atoms with Gasteiger partial charge in [0.25, 0.3) is 0 Å².